The number of nitrogens with one attached hydrogen (secondary N) is 2. The molecule has 96 valence electrons. The molecule has 0 fully saturated rings. The smallest absolute Gasteiger partial charge is 0.273 e. The van der Waals surface area contributed by atoms with Crippen molar-refractivity contribution in [2.24, 2.45) is 7.05 Å². The zero-order valence-electron chi connectivity index (χ0n) is 10.3. The highest BCUT2D eigenvalue weighted by atomic mass is 16.2. The molecule has 0 aliphatic rings. The zero-order valence-corrected chi connectivity index (χ0v) is 10.3. The fourth-order valence-corrected chi connectivity index (χ4v) is 1.91. The van der Waals surface area contributed by atoms with E-state index in [0.29, 0.717) is 6.54 Å². The van der Waals surface area contributed by atoms with E-state index in [-0.39, 0.29) is 11.6 Å². The molecule has 0 aliphatic heterocycles. The van der Waals surface area contributed by atoms with Crippen molar-refractivity contribution in [3.63, 3.8) is 0 Å². The van der Waals surface area contributed by atoms with Gasteiger partial charge in [-0.3, -0.25) is 4.79 Å². The monoisotopic (exact) mass is 256 g/mol. The predicted molar refractivity (Wildman–Crippen MR) is 68.3 cm³/mol. The molecule has 0 atom stereocenters. The van der Waals surface area contributed by atoms with Crippen LogP contribution in [-0.4, -0.2) is 30.9 Å². The summed E-state index contributed by atoms with van der Waals surface area (Å²) in [6, 6.07) is 7.83. The number of aromatic nitrogens is 5. The lowest BCUT2D eigenvalue weighted by Crippen LogP contribution is -2.24. The van der Waals surface area contributed by atoms with Gasteiger partial charge in [0.05, 0.1) is 23.8 Å². The molecule has 0 aliphatic carbocycles. The van der Waals surface area contributed by atoms with Crippen LogP contribution in [0.2, 0.25) is 0 Å². The van der Waals surface area contributed by atoms with Gasteiger partial charge in [0.15, 0.2) is 5.69 Å². The van der Waals surface area contributed by atoms with Crippen molar-refractivity contribution in [2.45, 2.75) is 6.54 Å². The number of carbonyl (C=O) groups excluding carboxylic acids is 1. The summed E-state index contributed by atoms with van der Waals surface area (Å²) in [5.41, 5.74) is 2.21. The number of amides is 1. The quantitative estimate of drug-likeness (QED) is 0.719. The molecular weight excluding hydrogens is 244 g/mol. The largest absolute Gasteiger partial charge is 0.343 e. The number of hydrogen-bond acceptors (Lipinski definition) is 4. The first-order valence-electron chi connectivity index (χ1n) is 5.80. The average molecular weight is 256 g/mol. The molecule has 0 bridgehead atoms. The molecule has 7 nitrogen and oxygen atoms in total. The molecular formula is C12H12N6O. The molecule has 7 heteroatoms. The molecule has 0 spiro atoms. The Labute approximate surface area is 108 Å². The predicted octanol–water partition coefficient (Wildman–Crippen LogP) is 0.621. The van der Waals surface area contributed by atoms with Gasteiger partial charge < -0.3 is 9.88 Å². The number of nitrogens with zero attached hydrogens (tertiary/aromatic N) is 4. The van der Waals surface area contributed by atoms with E-state index in [4.69, 9.17) is 0 Å². The summed E-state index contributed by atoms with van der Waals surface area (Å²) in [6.07, 6.45) is 1.38. The Morgan fingerprint density at radius 2 is 2.26 bits per heavy atom. The van der Waals surface area contributed by atoms with E-state index in [2.05, 4.69) is 25.7 Å². The van der Waals surface area contributed by atoms with Gasteiger partial charge in [0.2, 0.25) is 0 Å². The number of benzene rings is 1. The highest BCUT2D eigenvalue weighted by Gasteiger charge is 2.11. The SMILES string of the molecule is Cn1c(CNC(=O)c2cn[nH]n2)nc2ccccc21. The van der Waals surface area contributed by atoms with Crippen LogP contribution in [0, 0.1) is 0 Å². The Morgan fingerprint density at radius 3 is 3.00 bits per heavy atom. The van der Waals surface area contributed by atoms with Gasteiger partial charge in [-0.25, -0.2) is 4.98 Å². The Morgan fingerprint density at radius 1 is 1.42 bits per heavy atom. The summed E-state index contributed by atoms with van der Waals surface area (Å²) in [5, 5.41) is 12.5. The number of H-pyrrole nitrogens is 1. The molecule has 0 saturated carbocycles. The van der Waals surface area contributed by atoms with Crippen LogP contribution in [0.5, 0.6) is 0 Å². The van der Waals surface area contributed by atoms with Crippen molar-refractivity contribution >= 4 is 16.9 Å². The minimum Gasteiger partial charge on any atom is -0.343 e. The summed E-state index contributed by atoms with van der Waals surface area (Å²) in [5.74, 6) is 0.513. The molecule has 2 heterocycles. The van der Waals surface area contributed by atoms with Crippen molar-refractivity contribution < 1.29 is 4.79 Å². The van der Waals surface area contributed by atoms with E-state index in [9.17, 15) is 4.79 Å². The third kappa shape index (κ3) is 2.05. The second kappa shape index (κ2) is 4.52. The number of aromatic amines is 1. The minimum atomic E-state index is -0.277. The molecule has 19 heavy (non-hydrogen) atoms. The van der Waals surface area contributed by atoms with Crippen LogP contribution in [0.3, 0.4) is 0 Å². The van der Waals surface area contributed by atoms with Gasteiger partial charge in [-0.15, -0.1) is 0 Å². The second-order valence-electron chi connectivity index (χ2n) is 4.11. The number of carbonyl (C=O) groups is 1. The maximum atomic E-state index is 11.7. The van der Waals surface area contributed by atoms with E-state index in [0.717, 1.165) is 16.9 Å². The van der Waals surface area contributed by atoms with Crippen molar-refractivity contribution in [1.82, 2.24) is 30.3 Å². The molecule has 1 aromatic carbocycles. The fourth-order valence-electron chi connectivity index (χ4n) is 1.91. The van der Waals surface area contributed by atoms with Crippen LogP contribution >= 0.6 is 0 Å². The minimum absolute atomic E-state index is 0.263. The van der Waals surface area contributed by atoms with Crippen LogP contribution < -0.4 is 5.32 Å². The second-order valence-corrected chi connectivity index (χ2v) is 4.11. The molecule has 1 amide bonds. The first-order valence-corrected chi connectivity index (χ1v) is 5.80. The Hall–Kier alpha value is -2.70. The van der Waals surface area contributed by atoms with E-state index < -0.39 is 0 Å². The number of imidazole rings is 1. The lowest BCUT2D eigenvalue weighted by atomic mass is 10.3. The number of fused-ring (bicyclic) bond motifs is 1. The number of aryl methyl sites for hydroxylation is 1. The summed E-state index contributed by atoms with van der Waals surface area (Å²) < 4.78 is 1.96. The Bertz CT molecular complexity index is 715. The molecule has 0 saturated heterocycles. The van der Waals surface area contributed by atoms with Gasteiger partial charge in [0.25, 0.3) is 5.91 Å². The van der Waals surface area contributed by atoms with E-state index in [1.54, 1.807) is 0 Å². The summed E-state index contributed by atoms with van der Waals surface area (Å²) in [7, 11) is 1.92. The zero-order chi connectivity index (χ0) is 13.2. The number of hydrogen-bond donors (Lipinski definition) is 2. The molecule has 3 aromatic rings. The van der Waals surface area contributed by atoms with E-state index >= 15 is 0 Å². The van der Waals surface area contributed by atoms with Gasteiger partial charge in [-0.05, 0) is 12.1 Å². The van der Waals surface area contributed by atoms with Gasteiger partial charge in [0, 0.05) is 7.05 Å². The number of para-hydroxylation sites is 2. The van der Waals surface area contributed by atoms with Crippen LogP contribution in [-0.2, 0) is 13.6 Å². The van der Waals surface area contributed by atoms with Gasteiger partial charge in [0.1, 0.15) is 5.82 Å². The lowest BCUT2D eigenvalue weighted by molar-refractivity contribution is 0.0944. The van der Waals surface area contributed by atoms with Crippen molar-refractivity contribution in [2.75, 3.05) is 0 Å². The highest BCUT2D eigenvalue weighted by Crippen LogP contribution is 2.13. The van der Waals surface area contributed by atoms with Crippen LogP contribution in [0.25, 0.3) is 11.0 Å². The van der Waals surface area contributed by atoms with Gasteiger partial charge in [-0.1, -0.05) is 12.1 Å². The molecule has 2 N–H and O–H groups in total. The first-order chi connectivity index (χ1) is 9.25. The fraction of sp³-hybridized carbons (Fsp3) is 0.167. The maximum Gasteiger partial charge on any atom is 0.273 e. The third-order valence-corrected chi connectivity index (χ3v) is 2.93. The normalized spacial score (nSPS) is 10.8. The third-order valence-electron chi connectivity index (χ3n) is 2.93. The van der Waals surface area contributed by atoms with Gasteiger partial charge >= 0.3 is 0 Å². The maximum absolute atomic E-state index is 11.7. The van der Waals surface area contributed by atoms with Crippen molar-refractivity contribution in [3.05, 3.63) is 42.0 Å². The molecule has 2 aromatic heterocycles. The van der Waals surface area contributed by atoms with Crippen LogP contribution in [0.15, 0.2) is 30.5 Å². The molecule has 0 unspecified atom stereocenters. The molecule has 0 radical (unpaired) electrons. The standard InChI is InChI=1S/C12H12N6O/c1-18-10-5-3-2-4-8(10)15-11(18)7-13-12(19)9-6-14-17-16-9/h2-6H,7H2,1H3,(H,13,19)(H,14,16,17). The van der Waals surface area contributed by atoms with Crippen LogP contribution in [0.1, 0.15) is 16.3 Å². The van der Waals surface area contributed by atoms with E-state index in [1.165, 1.54) is 6.20 Å². The summed E-state index contributed by atoms with van der Waals surface area (Å²) in [4.78, 5) is 16.2. The Kier molecular flexibility index (Phi) is 2.71. The first kappa shape index (κ1) is 11.4. The van der Waals surface area contributed by atoms with E-state index in [1.807, 2.05) is 35.9 Å². The summed E-state index contributed by atoms with van der Waals surface area (Å²) in [6.45, 7) is 0.344. The summed E-state index contributed by atoms with van der Waals surface area (Å²) >= 11 is 0. The van der Waals surface area contributed by atoms with Crippen molar-refractivity contribution in [1.29, 1.82) is 0 Å². The lowest BCUT2D eigenvalue weighted by Gasteiger charge is -2.03. The molecule has 3 rings (SSSR count). The van der Waals surface area contributed by atoms with Gasteiger partial charge in [-0.2, -0.15) is 15.4 Å². The number of rotatable bonds is 3. The highest BCUT2D eigenvalue weighted by molar-refractivity contribution is 5.91. The van der Waals surface area contributed by atoms with Crippen LogP contribution in [0.4, 0.5) is 0 Å². The topological polar surface area (TPSA) is 88.5 Å². The van der Waals surface area contributed by atoms with Crippen molar-refractivity contribution in [3.8, 4) is 0 Å². The average Bonchev–Trinajstić information content (AvgIpc) is 3.05. The Balaban J connectivity index is 1.79.